The standard InChI is InChI=1S/C13H17F2N3O.CH4O.CH4/c1-16-13(19)9-17-2-4-18(5-3-17)12-7-10(14)6-11(15)8-12;1-2;/h6-8H,2-5,9H2,1H3,(H,16,19);2H,1H3;1H4. The van der Waals surface area contributed by atoms with Gasteiger partial charge < -0.3 is 15.3 Å². The van der Waals surface area contributed by atoms with E-state index in [2.05, 4.69) is 5.32 Å². The van der Waals surface area contributed by atoms with Gasteiger partial charge in [-0.05, 0) is 12.1 Å². The first-order chi connectivity index (χ1) is 10.1. The molecule has 2 rings (SSSR count). The average molecular weight is 317 g/mol. The van der Waals surface area contributed by atoms with Crippen molar-refractivity contribution < 1.29 is 18.7 Å². The van der Waals surface area contributed by atoms with E-state index in [0.717, 1.165) is 13.2 Å². The van der Waals surface area contributed by atoms with Crippen LogP contribution in [-0.2, 0) is 4.79 Å². The first-order valence-corrected chi connectivity index (χ1v) is 6.67. The molecule has 1 aliphatic rings. The van der Waals surface area contributed by atoms with Crippen LogP contribution in [0.1, 0.15) is 7.43 Å². The first-order valence-electron chi connectivity index (χ1n) is 6.67. The van der Waals surface area contributed by atoms with Crippen molar-refractivity contribution in [3.05, 3.63) is 29.8 Å². The summed E-state index contributed by atoms with van der Waals surface area (Å²) in [7, 11) is 2.61. The van der Waals surface area contributed by atoms with Crippen LogP contribution in [-0.4, -0.2) is 62.8 Å². The molecule has 126 valence electrons. The lowest BCUT2D eigenvalue weighted by Crippen LogP contribution is -2.49. The van der Waals surface area contributed by atoms with E-state index >= 15 is 0 Å². The predicted molar refractivity (Wildman–Crippen MR) is 84.0 cm³/mol. The van der Waals surface area contributed by atoms with E-state index < -0.39 is 11.6 Å². The Morgan fingerprint density at radius 1 is 1.14 bits per heavy atom. The van der Waals surface area contributed by atoms with Gasteiger partial charge in [0.2, 0.25) is 5.91 Å². The summed E-state index contributed by atoms with van der Waals surface area (Å²) < 4.78 is 26.3. The predicted octanol–water partition coefficient (Wildman–Crippen LogP) is 1.08. The summed E-state index contributed by atoms with van der Waals surface area (Å²) in [6, 6.07) is 3.53. The summed E-state index contributed by atoms with van der Waals surface area (Å²) >= 11 is 0. The fourth-order valence-electron chi connectivity index (χ4n) is 2.17. The van der Waals surface area contributed by atoms with Gasteiger partial charge in [0, 0.05) is 52.1 Å². The van der Waals surface area contributed by atoms with Crippen molar-refractivity contribution in [3.63, 3.8) is 0 Å². The average Bonchev–Trinajstić information content (AvgIpc) is 2.49. The van der Waals surface area contributed by atoms with Gasteiger partial charge in [-0.15, -0.1) is 0 Å². The Morgan fingerprint density at radius 2 is 1.64 bits per heavy atom. The number of rotatable bonds is 3. The molecule has 0 unspecified atom stereocenters. The summed E-state index contributed by atoms with van der Waals surface area (Å²) in [6.07, 6.45) is 0. The number of anilines is 1. The van der Waals surface area contributed by atoms with Crippen molar-refractivity contribution in [1.29, 1.82) is 0 Å². The number of aliphatic hydroxyl groups excluding tert-OH is 1. The van der Waals surface area contributed by atoms with Crippen LogP contribution in [0.5, 0.6) is 0 Å². The zero-order valence-electron chi connectivity index (χ0n) is 12.3. The van der Waals surface area contributed by atoms with Gasteiger partial charge in [0.25, 0.3) is 0 Å². The minimum atomic E-state index is -0.567. The summed E-state index contributed by atoms with van der Waals surface area (Å²) in [5.74, 6) is -1.16. The molecule has 1 aliphatic heterocycles. The molecule has 0 spiro atoms. The number of aliphatic hydroxyl groups is 1. The SMILES string of the molecule is C.CNC(=O)CN1CCN(c2cc(F)cc(F)c2)CC1.CO. The molecule has 5 nitrogen and oxygen atoms in total. The lowest BCUT2D eigenvalue weighted by molar-refractivity contribution is -0.121. The zero-order valence-corrected chi connectivity index (χ0v) is 12.3. The molecule has 0 radical (unpaired) electrons. The Kier molecular flexibility index (Phi) is 9.28. The van der Waals surface area contributed by atoms with Gasteiger partial charge in [0.1, 0.15) is 11.6 Å². The number of carbonyl (C=O) groups excluding carboxylic acids is 1. The Balaban J connectivity index is 0.00000141. The lowest BCUT2D eigenvalue weighted by atomic mass is 10.2. The molecular weight excluding hydrogens is 292 g/mol. The van der Waals surface area contributed by atoms with Crippen LogP contribution in [0.15, 0.2) is 18.2 Å². The van der Waals surface area contributed by atoms with Crippen molar-refractivity contribution >= 4 is 11.6 Å². The van der Waals surface area contributed by atoms with E-state index in [1.807, 2.05) is 9.80 Å². The summed E-state index contributed by atoms with van der Waals surface area (Å²) in [4.78, 5) is 15.2. The molecule has 0 bridgehead atoms. The summed E-state index contributed by atoms with van der Waals surface area (Å²) in [6.45, 7) is 3.07. The second-order valence-corrected chi connectivity index (χ2v) is 4.56. The van der Waals surface area contributed by atoms with Gasteiger partial charge in [0.05, 0.1) is 6.54 Å². The third-order valence-corrected chi connectivity index (χ3v) is 3.23. The number of halogens is 2. The van der Waals surface area contributed by atoms with Gasteiger partial charge in [-0.2, -0.15) is 0 Å². The van der Waals surface area contributed by atoms with Crippen molar-refractivity contribution in [3.8, 4) is 0 Å². The van der Waals surface area contributed by atoms with Gasteiger partial charge in [-0.1, -0.05) is 7.43 Å². The van der Waals surface area contributed by atoms with Gasteiger partial charge in [-0.25, -0.2) is 8.78 Å². The van der Waals surface area contributed by atoms with Crippen LogP contribution in [0, 0.1) is 11.6 Å². The number of carbonyl (C=O) groups is 1. The highest BCUT2D eigenvalue weighted by Gasteiger charge is 2.19. The van der Waals surface area contributed by atoms with Gasteiger partial charge >= 0.3 is 0 Å². The molecule has 0 aromatic heterocycles. The minimum Gasteiger partial charge on any atom is -0.400 e. The third-order valence-electron chi connectivity index (χ3n) is 3.23. The maximum Gasteiger partial charge on any atom is 0.233 e. The van der Waals surface area contributed by atoms with E-state index in [4.69, 9.17) is 5.11 Å². The topological polar surface area (TPSA) is 55.8 Å². The number of likely N-dealkylation sites (N-methyl/N-ethyl adjacent to an activating group) is 1. The van der Waals surface area contributed by atoms with Crippen molar-refractivity contribution in [2.75, 3.05) is 51.8 Å². The second kappa shape index (κ2) is 10.1. The summed E-state index contributed by atoms with van der Waals surface area (Å²) in [5.41, 5.74) is 0.553. The maximum absolute atomic E-state index is 13.1. The third kappa shape index (κ3) is 5.95. The molecule has 1 aromatic rings. The molecule has 2 N–H and O–H groups in total. The molecule has 7 heteroatoms. The smallest absolute Gasteiger partial charge is 0.233 e. The van der Waals surface area contributed by atoms with E-state index in [1.165, 1.54) is 12.1 Å². The number of piperazine rings is 1. The molecular formula is C15H25F2N3O2. The van der Waals surface area contributed by atoms with Crippen LogP contribution in [0.2, 0.25) is 0 Å². The van der Waals surface area contributed by atoms with Crippen LogP contribution < -0.4 is 10.2 Å². The molecule has 1 saturated heterocycles. The summed E-state index contributed by atoms with van der Waals surface area (Å²) in [5, 5.41) is 9.58. The second-order valence-electron chi connectivity index (χ2n) is 4.56. The van der Waals surface area contributed by atoms with Crippen LogP contribution in [0.3, 0.4) is 0 Å². The highest BCUT2D eigenvalue weighted by Crippen LogP contribution is 2.19. The quantitative estimate of drug-likeness (QED) is 0.876. The number of hydrogen-bond donors (Lipinski definition) is 2. The first kappa shape index (κ1) is 20.3. The minimum absolute atomic E-state index is 0. The van der Waals surface area contributed by atoms with E-state index in [0.29, 0.717) is 38.4 Å². The molecule has 1 heterocycles. The monoisotopic (exact) mass is 317 g/mol. The fraction of sp³-hybridized carbons (Fsp3) is 0.533. The van der Waals surface area contributed by atoms with Crippen molar-refractivity contribution in [2.24, 2.45) is 0 Å². The van der Waals surface area contributed by atoms with Crippen LogP contribution in [0.25, 0.3) is 0 Å². The molecule has 1 fully saturated rings. The van der Waals surface area contributed by atoms with E-state index in [9.17, 15) is 13.6 Å². The highest BCUT2D eigenvalue weighted by atomic mass is 19.1. The normalized spacial score (nSPS) is 14.5. The van der Waals surface area contributed by atoms with E-state index in [-0.39, 0.29) is 13.3 Å². The molecule has 1 aromatic carbocycles. The van der Waals surface area contributed by atoms with Gasteiger partial charge in [-0.3, -0.25) is 9.69 Å². The maximum atomic E-state index is 13.1. The molecule has 0 aliphatic carbocycles. The molecule has 0 saturated carbocycles. The molecule has 22 heavy (non-hydrogen) atoms. The number of benzene rings is 1. The Hall–Kier alpha value is -1.73. The Bertz CT molecular complexity index is 444. The van der Waals surface area contributed by atoms with E-state index in [1.54, 1.807) is 7.05 Å². The number of nitrogens with one attached hydrogen (secondary N) is 1. The Labute approximate surface area is 130 Å². The Morgan fingerprint density at radius 3 is 2.09 bits per heavy atom. The largest absolute Gasteiger partial charge is 0.400 e. The molecule has 1 amide bonds. The number of nitrogens with zero attached hydrogens (tertiary/aromatic N) is 2. The van der Waals surface area contributed by atoms with Crippen molar-refractivity contribution in [2.45, 2.75) is 7.43 Å². The lowest BCUT2D eigenvalue weighted by Gasteiger charge is -2.35. The fourth-order valence-corrected chi connectivity index (χ4v) is 2.17. The number of amides is 1. The van der Waals surface area contributed by atoms with Crippen LogP contribution >= 0.6 is 0 Å². The molecule has 0 atom stereocenters. The van der Waals surface area contributed by atoms with Crippen molar-refractivity contribution in [1.82, 2.24) is 10.2 Å². The number of hydrogen-bond acceptors (Lipinski definition) is 4. The van der Waals surface area contributed by atoms with Crippen LogP contribution in [0.4, 0.5) is 14.5 Å². The highest BCUT2D eigenvalue weighted by molar-refractivity contribution is 5.77. The zero-order chi connectivity index (χ0) is 15.8. The van der Waals surface area contributed by atoms with Gasteiger partial charge in [0.15, 0.2) is 0 Å².